The van der Waals surface area contributed by atoms with Crippen LogP contribution in [0.2, 0.25) is 0 Å². The van der Waals surface area contributed by atoms with E-state index in [9.17, 15) is 9.59 Å². The van der Waals surface area contributed by atoms with Crippen LogP contribution in [0.5, 0.6) is 0 Å². The molecule has 0 radical (unpaired) electrons. The maximum atomic E-state index is 11.4. The van der Waals surface area contributed by atoms with Gasteiger partial charge >= 0.3 is 12.2 Å². The molecule has 0 saturated carbocycles. The number of carbonyl (C=O) groups is 2. The lowest BCUT2D eigenvalue weighted by atomic mass is 10.0. The first-order valence-electron chi connectivity index (χ1n) is 6.43. The average molecular weight is 272 g/mol. The number of nitrogens with zero attached hydrogens (tertiary/aromatic N) is 2. The van der Waals surface area contributed by atoms with Crippen LogP contribution in [0, 0.1) is 0 Å². The summed E-state index contributed by atoms with van der Waals surface area (Å²) >= 11 is 0. The van der Waals surface area contributed by atoms with Gasteiger partial charge in [0, 0.05) is 0 Å². The molecule has 6 heteroatoms. The van der Waals surface area contributed by atoms with Gasteiger partial charge in [-0.2, -0.15) is 0 Å². The smallest absolute Gasteiger partial charge is 0.441 e. The van der Waals surface area contributed by atoms with Crippen LogP contribution in [-0.4, -0.2) is 23.4 Å². The van der Waals surface area contributed by atoms with Crippen molar-refractivity contribution in [1.82, 2.24) is 0 Å². The van der Waals surface area contributed by atoms with Crippen LogP contribution in [0.3, 0.4) is 0 Å². The second-order valence-corrected chi connectivity index (χ2v) is 5.91. The summed E-state index contributed by atoms with van der Waals surface area (Å²) in [4.78, 5) is 22.6. The number of unbranched alkanes of at least 4 members (excludes halogenated alkanes) is 1. The quantitative estimate of drug-likeness (QED) is 0.707. The van der Waals surface area contributed by atoms with Crippen LogP contribution in [0.25, 0.3) is 0 Å². The summed E-state index contributed by atoms with van der Waals surface area (Å²) in [5.41, 5.74) is -1.28. The van der Waals surface area contributed by atoms with Crippen molar-refractivity contribution in [2.24, 2.45) is 10.2 Å². The Bertz CT molecular complexity index is 343. The third-order valence-electron chi connectivity index (χ3n) is 2.10. The molecule has 0 aromatic heterocycles. The van der Waals surface area contributed by atoms with Gasteiger partial charge < -0.3 is 9.47 Å². The highest BCUT2D eigenvalue weighted by molar-refractivity contribution is 5.73. The number of hydrogen-bond acceptors (Lipinski definition) is 4. The van der Waals surface area contributed by atoms with E-state index in [1.54, 1.807) is 34.6 Å². The van der Waals surface area contributed by atoms with Crippen molar-refractivity contribution in [3.63, 3.8) is 0 Å². The van der Waals surface area contributed by atoms with E-state index in [2.05, 4.69) is 17.2 Å². The summed E-state index contributed by atoms with van der Waals surface area (Å²) in [6, 6.07) is 0. The molecule has 0 bridgehead atoms. The van der Waals surface area contributed by atoms with Gasteiger partial charge in [-0.15, -0.1) is 0 Å². The molecule has 110 valence electrons. The normalized spacial score (nSPS) is 12.5. The largest absolute Gasteiger partial charge is 0.453 e. The van der Waals surface area contributed by atoms with Gasteiger partial charge in [-0.3, -0.25) is 0 Å². The fraction of sp³-hybridized carbons (Fsp3) is 0.846. The maximum Gasteiger partial charge on any atom is 0.453 e. The van der Waals surface area contributed by atoms with Gasteiger partial charge in [0.25, 0.3) is 0 Å². The zero-order chi connectivity index (χ0) is 15.1. The molecule has 19 heavy (non-hydrogen) atoms. The second-order valence-electron chi connectivity index (χ2n) is 5.91. The molecular formula is C13H24N2O4. The molecule has 0 fully saturated rings. The number of carbonyl (C=O) groups excluding carboxylic acids is 2. The number of ether oxygens (including phenoxy) is 2. The van der Waals surface area contributed by atoms with Crippen LogP contribution in [0.15, 0.2) is 10.2 Å². The van der Waals surface area contributed by atoms with E-state index in [4.69, 9.17) is 9.47 Å². The Morgan fingerprint density at radius 3 is 1.84 bits per heavy atom. The Hall–Kier alpha value is -1.46. The molecule has 0 heterocycles. The first-order valence-corrected chi connectivity index (χ1v) is 6.43. The highest BCUT2D eigenvalue weighted by atomic mass is 16.6. The third-order valence-corrected chi connectivity index (χ3v) is 2.10. The van der Waals surface area contributed by atoms with Crippen molar-refractivity contribution < 1.29 is 19.1 Å². The van der Waals surface area contributed by atoms with Crippen LogP contribution >= 0.6 is 0 Å². The predicted octanol–water partition coefficient (Wildman–Crippen LogP) is 4.48. The molecule has 0 aliphatic heterocycles. The van der Waals surface area contributed by atoms with Gasteiger partial charge in [-0.25, -0.2) is 9.59 Å². The van der Waals surface area contributed by atoms with Crippen molar-refractivity contribution in [1.29, 1.82) is 0 Å². The zero-order valence-electron chi connectivity index (χ0n) is 12.6. The summed E-state index contributed by atoms with van der Waals surface area (Å²) in [7, 11) is 0. The Labute approximate surface area is 114 Å². The summed E-state index contributed by atoms with van der Waals surface area (Å²) < 4.78 is 9.99. The Kier molecular flexibility index (Phi) is 6.65. The van der Waals surface area contributed by atoms with Crippen molar-refractivity contribution in [3.8, 4) is 0 Å². The van der Waals surface area contributed by atoms with Gasteiger partial charge in [-0.05, 0) is 47.5 Å². The Balaban J connectivity index is 4.27. The number of amides is 2. The van der Waals surface area contributed by atoms with Crippen molar-refractivity contribution in [2.75, 3.05) is 0 Å². The summed E-state index contributed by atoms with van der Waals surface area (Å²) in [6.07, 6.45) is 0.906. The van der Waals surface area contributed by atoms with Gasteiger partial charge in [0.1, 0.15) is 11.2 Å². The zero-order valence-corrected chi connectivity index (χ0v) is 12.6. The van der Waals surface area contributed by atoms with Crippen LogP contribution in [0.4, 0.5) is 9.59 Å². The third kappa shape index (κ3) is 10.2. The molecule has 0 saturated heterocycles. The van der Waals surface area contributed by atoms with Gasteiger partial charge in [-0.1, -0.05) is 23.6 Å². The summed E-state index contributed by atoms with van der Waals surface area (Å²) in [6.45, 7) is 10.7. The van der Waals surface area contributed by atoms with Gasteiger partial charge in [0.05, 0.1) is 0 Å². The molecule has 0 aliphatic rings. The molecule has 0 aromatic carbocycles. The van der Waals surface area contributed by atoms with E-state index >= 15 is 0 Å². The topological polar surface area (TPSA) is 77.3 Å². The minimum atomic E-state index is -0.907. The molecule has 0 aliphatic carbocycles. The van der Waals surface area contributed by atoms with E-state index in [1.165, 1.54) is 0 Å². The Morgan fingerprint density at radius 1 is 0.947 bits per heavy atom. The lowest BCUT2D eigenvalue weighted by Crippen LogP contribution is -2.26. The standard InChI is InChI=1S/C13H24N2O4/c1-7-8-9-13(5,6)19-11(17)15-14-10(16)18-12(2,3)4/h7-9H2,1-6H3/b15-14+. The van der Waals surface area contributed by atoms with Crippen molar-refractivity contribution >= 4 is 12.2 Å². The molecule has 0 spiro atoms. The van der Waals surface area contributed by atoms with Crippen molar-refractivity contribution in [2.45, 2.75) is 72.0 Å². The Morgan fingerprint density at radius 2 is 1.42 bits per heavy atom. The maximum absolute atomic E-state index is 11.4. The number of azo groups is 1. The van der Waals surface area contributed by atoms with Crippen LogP contribution in [-0.2, 0) is 9.47 Å². The average Bonchev–Trinajstić information content (AvgIpc) is 2.21. The van der Waals surface area contributed by atoms with Crippen LogP contribution < -0.4 is 0 Å². The SMILES string of the molecule is CCCCC(C)(C)OC(=O)/N=N/C(=O)OC(C)(C)C. The van der Waals surface area contributed by atoms with E-state index in [-0.39, 0.29) is 0 Å². The molecule has 6 nitrogen and oxygen atoms in total. The molecular weight excluding hydrogens is 248 g/mol. The van der Waals surface area contributed by atoms with E-state index < -0.39 is 23.4 Å². The minimum Gasteiger partial charge on any atom is -0.441 e. The molecule has 0 aromatic rings. The fourth-order valence-corrected chi connectivity index (χ4v) is 1.27. The number of rotatable bonds is 4. The molecule has 0 unspecified atom stereocenters. The first kappa shape index (κ1) is 17.5. The fourth-order valence-electron chi connectivity index (χ4n) is 1.27. The number of hydrogen-bond donors (Lipinski definition) is 0. The second kappa shape index (κ2) is 7.21. The van der Waals surface area contributed by atoms with E-state index in [0.29, 0.717) is 0 Å². The van der Waals surface area contributed by atoms with Gasteiger partial charge in [0.15, 0.2) is 0 Å². The highest BCUT2D eigenvalue weighted by Gasteiger charge is 2.22. The minimum absolute atomic E-state index is 0.611. The molecule has 0 N–H and O–H groups in total. The van der Waals surface area contributed by atoms with Crippen LogP contribution in [0.1, 0.15) is 60.8 Å². The lowest BCUT2D eigenvalue weighted by Gasteiger charge is -2.23. The van der Waals surface area contributed by atoms with E-state index in [1.807, 2.05) is 0 Å². The predicted molar refractivity (Wildman–Crippen MR) is 71.2 cm³/mol. The lowest BCUT2D eigenvalue weighted by molar-refractivity contribution is 0.0349. The monoisotopic (exact) mass is 272 g/mol. The molecule has 0 atom stereocenters. The van der Waals surface area contributed by atoms with Crippen molar-refractivity contribution in [3.05, 3.63) is 0 Å². The van der Waals surface area contributed by atoms with E-state index in [0.717, 1.165) is 19.3 Å². The van der Waals surface area contributed by atoms with Gasteiger partial charge in [0.2, 0.25) is 0 Å². The first-order chi connectivity index (χ1) is 8.56. The molecule has 2 amide bonds. The molecule has 0 rings (SSSR count). The summed E-state index contributed by atoms with van der Waals surface area (Å²) in [5.74, 6) is 0. The highest BCUT2D eigenvalue weighted by Crippen LogP contribution is 2.18. The summed E-state index contributed by atoms with van der Waals surface area (Å²) in [5, 5.41) is 6.35.